The Bertz CT molecular complexity index is 622. The number of aryl methyl sites for hydroxylation is 1. The van der Waals surface area contributed by atoms with Crippen LogP contribution in [0.5, 0.6) is 0 Å². The zero-order chi connectivity index (χ0) is 15.9. The zero-order valence-corrected chi connectivity index (χ0v) is 12.6. The molecule has 0 aromatic carbocycles. The quantitative estimate of drug-likeness (QED) is 0.814. The third-order valence-electron chi connectivity index (χ3n) is 3.48. The minimum atomic E-state index is -0.0714. The first kappa shape index (κ1) is 15.8. The number of hydrogen-bond acceptors (Lipinski definition) is 6. The molecule has 1 aromatic heterocycles. The molecule has 1 amide bonds. The molecule has 22 heavy (non-hydrogen) atoms. The van der Waals surface area contributed by atoms with Crippen LogP contribution in [0.15, 0.2) is 34.5 Å². The lowest BCUT2D eigenvalue weighted by Crippen LogP contribution is -2.25. The van der Waals surface area contributed by atoms with Gasteiger partial charge in [-0.1, -0.05) is 5.22 Å². The normalized spacial score (nSPS) is 15.8. The van der Waals surface area contributed by atoms with Gasteiger partial charge in [-0.2, -0.15) is 10.1 Å². The average molecular weight is 300 g/mol. The number of anilines is 1. The maximum Gasteiger partial charge on any atom is 0.248 e. The van der Waals surface area contributed by atoms with Crippen LogP contribution >= 0.6 is 0 Å². The molecule has 1 aliphatic heterocycles. The van der Waals surface area contributed by atoms with E-state index in [-0.39, 0.29) is 5.91 Å². The maximum atomic E-state index is 12.2. The fraction of sp³-hybridized carbons (Fsp3) is 0.400. The number of allylic oxidation sites excluding steroid dienone is 2. The van der Waals surface area contributed by atoms with Crippen molar-refractivity contribution in [3.8, 4) is 0 Å². The highest BCUT2D eigenvalue weighted by Gasteiger charge is 2.21. The van der Waals surface area contributed by atoms with E-state index in [1.165, 1.54) is 11.2 Å². The molecule has 0 spiro atoms. The van der Waals surface area contributed by atoms with Crippen molar-refractivity contribution in [2.75, 3.05) is 11.6 Å². The number of nitrogens with two attached hydrogens (primary N) is 1. The number of carbonyl (C=O) groups is 1. The molecule has 0 aliphatic carbocycles. The summed E-state index contributed by atoms with van der Waals surface area (Å²) in [6.07, 6.45) is 8.52. The van der Waals surface area contributed by atoms with Gasteiger partial charge in [0.1, 0.15) is 0 Å². The van der Waals surface area contributed by atoms with Crippen molar-refractivity contribution < 1.29 is 4.79 Å². The fourth-order valence-electron chi connectivity index (χ4n) is 2.29. The van der Waals surface area contributed by atoms with E-state index in [0.717, 1.165) is 11.1 Å². The lowest BCUT2D eigenvalue weighted by Gasteiger charge is -2.19. The molecule has 7 nitrogen and oxygen atoms in total. The van der Waals surface area contributed by atoms with Crippen LogP contribution in [0.3, 0.4) is 0 Å². The molecule has 0 bridgehead atoms. The van der Waals surface area contributed by atoms with E-state index >= 15 is 0 Å². The molecule has 0 atom stereocenters. The van der Waals surface area contributed by atoms with E-state index in [9.17, 15) is 4.79 Å². The highest BCUT2D eigenvalue weighted by atomic mass is 16.2. The molecule has 0 unspecified atom stereocenters. The lowest BCUT2D eigenvalue weighted by atomic mass is 10.0. The first-order chi connectivity index (χ1) is 10.6. The summed E-state index contributed by atoms with van der Waals surface area (Å²) in [4.78, 5) is 16.4. The first-order valence-corrected chi connectivity index (χ1v) is 7.22. The van der Waals surface area contributed by atoms with Gasteiger partial charge in [0, 0.05) is 24.5 Å². The Kier molecular flexibility index (Phi) is 5.35. The van der Waals surface area contributed by atoms with Gasteiger partial charge in [-0.25, -0.2) is 0 Å². The molecule has 2 heterocycles. The highest BCUT2D eigenvalue weighted by Crippen LogP contribution is 2.27. The number of nitrogens with zero attached hydrogens (tertiary/aromatic N) is 4. The molecular weight excluding hydrogens is 280 g/mol. The Morgan fingerprint density at radius 3 is 3.09 bits per heavy atom. The zero-order valence-electron chi connectivity index (χ0n) is 12.6. The van der Waals surface area contributed by atoms with Gasteiger partial charge in [0.25, 0.3) is 0 Å². The van der Waals surface area contributed by atoms with Crippen LogP contribution in [-0.4, -0.2) is 23.7 Å². The number of hydrogen-bond donors (Lipinski definition) is 2. The Labute approximate surface area is 129 Å². The number of pyridine rings is 1. The molecule has 3 N–H and O–H groups in total. The van der Waals surface area contributed by atoms with Gasteiger partial charge >= 0.3 is 0 Å². The summed E-state index contributed by atoms with van der Waals surface area (Å²) >= 11 is 0. The van der Waals surface area contributed by atoms with Crippen LogP contribution in [0.25, 0.3) is 0 Å². The molecule has 2 rings (SSSR count). The SMILES string of the molecule is Cc1cncc(N2N=NCCCC2=O)c1CCC(N)=CC=N. The summed E-state index contributed by atoms with van der Waals surface area (Å²) < 4.78 is 0. The third kappa shape index (κ3) is 3.75. The van der Waals surface area contributed by atoms with Crippen LogP contribution in [0, 0.1) is 12.3 Å². The number of amides is 1. The number of rotatable bonds is 5. The Balaban J connectivity index is 2.31. The molecule has 0 saturated heterocycles. The van der Waals surface area contributed by atoms with E-state index in [2.05, 4.69) is 15.3 Å². The number of aromatic nitrogens is 1. The summed E-state index contributed by atoms with van der Waals surface area (Å²) in [6.45, 7) is 2.51. The second-order valence-corrected chi connectivity index (χ2v) is 5.13. The van der Waals surface area contributed by atoms with Crippen molar-refractivity contribution in [3.63, 3.8) is 0 Å². The summed E-state index contributed by atoms with van der Waals surface area (Å²) in [5.41, 5.74) is 9.08. The van der Waals surface area contributed by atoms with Crippen LogP contribution in [0.4, 0.5) is 5.69 Å². The molecule has 0 saturated carbocycles. The van der Waals surface area contributed by atoms with Gasteiger partial charge in [-0.15, -0.1) is 0 Å². The second-order valence-electron chi connectivity index (χ2n) is 5.13. The fourth-order valence-corrected chi connectivity index (χ4v) is 2.29. The third-order valence-corrected chi connectivity index (χ3v) is 3.48. The molecule has 0 radical (unpaired) electrons. The molecule has 1 aromatic rings. The van der Waals surface area contributed by atoms with Crippen LogP contribution < -0.4 is 10.7 Å². The van der Waals surface area contributed by atoms with Crippen molar-refractivity contribution in [2.24, 2.45) is 16.1 Å². The predicted molar refractivity (Wildman–Crippen MR) is 84.8 cm³/mol. The lowest BCUT2D eigenvalue weighted by molar-refractivity contribution is -0.118. The van der Waals surface area contributed by atoms with Crippen LogP contribution in [-0.2, 0) is 11.2 Å². The summed E-state index contributed by atoms with van der Waals surface area (Å²) in [5.74, 6) is -0.0714. The highest BCUT2D eigenvalue weighted by molar-refractivity contribution is 5.93. The minimum absolute atomic E-state index is 0.0714. The summed E-state index contributed by atoms with van der Waals surface area (Å²) in [5, 5.41) is 16.4. The molecule has 1 aliphatic rings. The van der Waals surface area contributed by atoms with Crippen molar-refractivity contribution in [3.05, 3.63) is 35.3 Å². The molecule has 116 valence electrons. The van der Waals surface area contributed by atoms with Gasteiger partial charge < -0.3 is 11.1 Å². The van der Waals surface area contributed by atoms with E-state index in [4.69, 9.17) is 11.1 Å². The number of carbonyl (C=O) groups excluding carboxylic acids is 1. The Morgan fingerprint density at radius 1 is 1.50 bits per heavy atom. The monoisotopic (exact) mass is 300 g/mol. The maximum absolute atomic E-state index is 12.2. The minimum Gasteiger partial charge on any atom is -0.402 e. The Hall–Kier alpha value is -2.57. The van der Waals surface area contributed by atoms with E-state index in [1.54, 1.807) is 18.5 Å². The van der Waals surface area contributed by atoms with Crippen molar-refractivity contribution in [1.82, 2.24) is 4.98 Å². The predicted octanol–water partition coefficient (Wildman–Crippen LogP) is 2.31. The van der Waals surface area contributed by atoms with Crippen molar-refractivity contribution in [2.45, 2.75) is 32.6 Å². The van der Waals surface area contributed by atoms with Gasteiger partial charge in [-0.05, 0) is 43.4 Å². The average Bonchev–Trinajstić information content (AvgIpc) is 2.70. The smallest absolute Gasteiger partial charge is 0.248 e. The van der Waals surface area contributed by atoms with Crippen molar-refractivity contribution in [1.29, 1.82) is 5.41 Å². The largest absolute Gasteiger partial charge is 0.402 e. The van der Waals surface area contributed by atoms with Crippen LogP contribution in [0.2, 0.25) is 0 Å². The Morgan fingerprint density at radius 2 is 2.32 bits per heavy atom. The van der Waals surface area contributed by atoms with Gasteiger partial charge in [0.05, 0.1) is 18.4 Å². The standard InChI is InChI=1S/C15H20N6O/c1-11-9-18-10-14(13(11)5-4-12(17)6-7-16)21-15(22)3-2-8-19-20-21/h6-7,9-10,16H,2-5,8,17H2,1H3. The number of nitrogens with one attached hydrogen (secondary N) is 1. The topological polar surface area (TPSA) is 108 Å². The summed E-state index contributed by atoms with van der Waals surface area (Å²) in [7, 11) is 0. The van der Waals surface area contributed by atoms with E-state index in [1.807, 2.05) is 6.92 Å². The van der Waals surface area contributed by atoms with E-state index in [0.29, 0.717) is 43.6 Å². The molecular formula is C15H20N6O. The molecule has 0 fully saturated rings. The molecule has 7 heteroatoms. The summed E-state index contributed by atoms with van der Waals surface area (Å²) in [6, 6.07) is 0. The van der Waals surface area contributed by atoms with Crippen LogP contribution in [0.1, 0.15) is 30.4 Å². The van der Waals surface area contributed by atoms with Crippen molar-refractivity contribution >= 4 is 17.8 Å². The first-order valence-electron chi connectivity index (χ1n) is 7.22. The van der Waals surface area contributed by atoms with E-state index < -0.39 is 0 Å². The second kappa shape index (κ2) is 7.44. The van der Waals surface area contributed by atoms with Gasteiger partial charge in [0.2, 0.25) is 5.91 Å². The van der Waals surface area contributed by atoms with Gasteiger partial charge in [0.15, 0.2) is 0 Å². The van der Waals surface area contributed by atoms with Gasteiger partial charge in [-0.3, -0.25) is 9.78 Å².